The maximum absolute atomic E-state index is 13.1. The number of ether oxygens (including phenoxy) is 4. The van der Waals surface area contributed by atoms with Gasteiger partial charge in [0.15, 0.2) is 12.2 Å². The van der Waals surface area contributed by atoms with Gasteiger partial charge in [-0.3, -0.25) is 37.3 Å². The number of unbranched alkanes of at least 4 members (excludes halogenated alkanes) is 48. The van der Waals surface area contributed by atoms with E-state index in [0.717, 1.165) is 108 Å². The number of carbonyl (C=O) groups excluding carboxylic acids is 4. The number of aliphatic hydroxyl groups is 1. The summed E-state index contributed by atoms with van der Waals surface area (Å²) in [7, 11) is -9.92. The molecule has 0 radical (unpaired) electrons. The van der Waals surface area contributed by atoms with E-state index in [4.69, 9.17) is 37.0 Å². The Morgan fingerprint density at radius 3 is 0.745 bits per heavy atom. The summed E-state index contributed by atoms with van der Waals surface area (Å²) < 4.78 is 68.7. The quantitative estimate of drug-likeness (QED) is 0.0222. The van der Waals surface area contributed by atoms with Gasteiger partial charge in [-0.05, 0) is 43.4 Å². The van der Waals surface area contributed by atoms with E-state index >= 15 is 0 Å². The molecule has 0 aliphatic rings. The normalized spacial score (nSPS) is 14.2. The third-order valence-electron chi connectivity index (χ3n) is 19.7. The van der Waals surface area contributed by atoms with Crippen molar-refractivity contribution < 1.29 is 80.2 Å². The van der Waals surface area contributed by atoms with E-state index in [-0.39, 0.29) is 25.7 Å². The van der Waals surface area contributed by atoms with Crippen molar-refractivity contribution in [2.75, 3.05) is 39.6 Å². The van der Waals surface area contributed by atoms with Crippen molar-refractivity contribution in [2.24, 2.45) is 17.8 Å². The Balaban J connectivity index is 5.21. The van der Waals surface area contributed by atoms with Crippen LogP contribution in [0.2, 0.25) is 0 Å². The van der Waals surface area contributed by atoms with E-state index in [9.17, 15) is 43.2 Å². The van der Waals surface area contributed by atoms with Crippen LogP contribution in [0.15, 0.2) is 0 Å². The van der Waals surface area contributed by atoms with E-state index in [1.165, 1.54) is 244 Å². The minimum absolute atomic E-state index is 0.107. The summed E-state index contributed by atoms with van der Waals surface area (Å²) in [6, 6.07) is 0. The van der Waals surface area contributed by atoms with Crippen molar-refractivity contribution in [3.05, 3.63) is 0 Å². The number of hydrogen-bond donors (Lipinski definition) is 3. The number of hydrogen-bond acceptors (Lipinski definition) is 15. The van der Waals surface area contributed by atoms with Crippen LogP contribution in [0.4, 0.5) is 0 Å². The van der Waals surface area contributed by atoms with Gasteiger partial charge in [0.05, 0.1) is 26.4 Å². The first-order valence-corrected chi connectivity index (χ1v) is 45.9. The van der Waals surface area contributed by atoms with Crippen LogP contribution in [-0.4, -0.2) is 96.7 Å². The van der Waals surface area contributed by atoms with Gasteiger partial charge in [-0.15, -0.1) is 0 Å². The second-order valence-corrected chi connectivity index (χ2v) is 34.0. The zero-order valence-corrected chi connectivity index (χ0v) is 68.9. The summed E-state index contributed by atoms with van der Waals surface area (Å²) in [6.07, 6.45) is 62.4. The molecule has 102 heavy (non-hydrogen) atoms. The number of rotatable bonds is 81. The lowest BCUT2D eigenvalue weighted by atomic mass is 9.99. The Morgan fingerprint density at radius 1 is 0.284 bits per heavy atom. The standard InChI is InChI=1S/C83H162O17P2/c1-8-10-11-12-13-33-43-50-57-64-80(85)93-70-78(99-83(88)67-60-53-46-39-32-26-25-28-35-41-48-55-62-75(5)6)72-97-101(89,90)95-68-77(84)69-96-102(91,92)98-73-79(71-94-81(86)65-58-51-44-37-30-24-20-21-27-34-40-47-54-61-74(3)4)100-82(87)66-59-52-45-38-31-23-19-17-15-14-16-18-22-29-36-42-49-56-63-76(7)9-2/h74-79,84H,8-73H2,1-7H3,(H,89,90)(H,91,92)/t76?,77-,78+,79+/m0/s1. The molecule has 0 rings (SSSR count). The lowest BCUT2D eigenvalue weighted by molar-refractivity contribution is -0.161. The number of phosphoric acid groups is 2. The molecule has 0 aromatic heterocycles. The fraction of sp³-hybridized carbons (Fsp3) is 0.952. The summed E-state index contributed by atoms with van der Waals surface area (Å²) in [6.45, 7) is 12.0. The molecule has 0 aliphatic carbocycles. The van der Waals surface area contributed by atoms with Gasteiger partial charge in [0.25, 0.3) is 0 Å². The van der Waals surface area contributed by atoms with Crippen LogP contribution >= 0.6 is 15.6 Å². The monoisotopic (exact) mass is 1490 g/mol. The van der Waals surface area contributed by atoms with Gasteiger partial charge in [0.2, 0.25) is 0 Å². The van der Waals surface area contributed by atoms with Crippen LogP contribution in [0.1, 0.15) is 434 Å². The second-order valence-electron chi connectivity index (χ2n) is 31.1. The van der Waals surface area contributed by atoms with Gasteiger partial charge in [-0.2, -0.15) is 0 Å². The zero-order chi connectivity index (χ0) is 75.1. The minimum atomic E-state index is -4.96. The molecule has 3 N–H and O–H groups in total. The van der Waals surface area contributed by atoms with E-state index in [0.29, 0.717) is 25.7 Å². The van der Waals surface area contributed by atoms with Gasteiger partial charge in [0.1, 0.15) is 19.3 Å². The first kappa shape index (κ1) is 100. The van der Waals surface area contributed by atoms with E-state index in [1.807, 2.05) is 0 Å². The molecular formula is C83H162O17P2. The molecule has 3 unspecified atom stereocenters. The molecule has 0 aromatic rings. The van der Waals surface area contributed by atoms with Crippen LogP contribution in [0.3, 0.4) is 0 Å². The van der Waals surface area contributed by atoms with Crippen molar-refractivity contribution in [2.45, 2.75) is 452 Å². The lowest BCUT2D eigenvalue weighted by Crippen LogP contribution is -2.30. The second kappa shape index (κ2) is 73.2. The van der Waals surface area contributed by atoms with Crippen molar-refractivity contribution in [1.29, 1.82) is 0 Å². The molecule has 0 bridgehead atoms. The fourth-order valence-electron chi connectivity index (χ4n) is 12.8. The highest BCUT2D eigenvalue weighted by atomic mass is 31.2. The van der Waals surface area contributed by atoms with Gasteiger partial charge < -0.3 is 33.8 Å². The Bertz CT molecular complexity index is 1980. The molecule has 0 saturated carbocycles. The summed E-state index contributed by atoms with van der Waals surface area (Å²) in [4.78, 5) is 73.0. The first-order chi connectivity index (χ1) is 49.3. The van der Waals surface area contributed by atoms with Gasteiger partial charge in [0, 0.05) is 25.7 Å². The molecule has 19 heteroatoms. The molecule has 606 valence electrons. The number of esters is 4. The smallest absolute Gasteiger partial charge is 0.462 e. The molecule has 0 aromatic carbocycles. The first-order valence-electron chi connectivity index (χ1n) is 42.9. The average molecular weight is 1490 g/mol. The van der Waals surface area contributed by atoms with Gasteiger partial charge in [-0.1, -0.05) is 382 Å². The molecule has 17 nitrogen and oxygen atoms in total. The third kappa shape index (κ3) is 74.9. The minimum Gasteiger partial charge on any atom is -0.462 e. The topological polar surface area (TPSA) is 237 Å². The summed E-state index contributed by atoms with van der Waals surface area (Å²) >= 11 is 0. The largest absolute Gasteiger partial charge is 0.472 e. The molecule has 0 saturated heterocycles. The highest BCUT2D eigenvalue weighted by Crippen LogP contribution is 2.45. The molecule has 0 fully saturated rings. The summed E-state index contributed by atoms with van der Waals surface area (Å²) in [5, 5.41) is 10.6. The van der Waals surface area contributed by atoms with Crippen molar-refractivity contribution in [1.82, 2.24) is 0 Å². The maximum atomic E-state index is 13.1. The van der Waals surface area contributed by atoms with Gasteiger partial charge >= 0.3 is 39.5 Å². The Morgan fingerprint density at radius 2 is 0.500 bits per heavy atom. The van der Waals surface area contributed by atoms with Crippen LogP contribution in [0.5, 0.6) is 0 Å². The predicted octanol–water partition coefficient (Wildman–Crippen LogP) is 24.9. The zero-order valence-electron chi connectivity index (χ0n) is 67.1. The predicted molar refractivity (Wildman–Crippen MR) is 418 cm³/mol. The number of aliphatic hydroxyl groups excluding tert-OH is 1. The SMILES string of the molecule is CCCCCCCCCCCC(=O)OC[C@H](COP(=O)(O)OC[C@H](O)COP(=O)(O)OC[C@@H](COC(=O)CCCCCCCCCCCCCCCC(C)C)OC(=O)CCCCCCCCCCCCCCCCCCCCC(C)CC)OC(=O)CCCCCCCCCCCCCCC(C)C. The van der Waals surface area contributed by atoms with E-state index in [2.05, 4.69) is 48.5 Å². The van der Waals surface area contributed by atoms with Crippen LogP contribution in [0.25, 0.3) is 0 Å². The van der Waals surface area contributed by atoms with Crippen LogP contribution < -0.4 is 0 Å². The van der Waals surface area contributed by atoms with E-state index in [1.54, 1.807) is 0 Å². The highest BCUT2D eigenvalue weighted by Gasteiger charge is 2.30. The lowest BCUT2D eigenvalue weighted by Gasteiger charge is -2.21. The van der Waals surface area contributed by atoms with Crippen molar-refractivity contribution in [3.8, 4) is 0 Å². The fourth-order valence-corrected chi connectivity index (χ4v) is 14.4. The molecule has 0 aliphatic heterocycles. The number of carbonyl (C=O) groups is 4. The van der Waals surface area contributed by atoms with Crippen molar-refractivity contribution >= 4 is 39.5 Å². The maximum Gasteiger partial charge on any atom is 0.472 e. The summed E-state index contributed by atoms with van der Waals surface area (Å²) in [5.74, 6) is 0.330. The average Bonchev–Trinajstić information content (AvgIpc) is 0.964. The Kier molecular flexibility index (Phi) is 71.8. The third-order valence-corrected chi connectivity index (χ3v) is 21.6. The molecule has 0 spiro atoms. The molecule has 0 amide bonds. The van der Waals surface area contributed by atoms with Gasteiger partial charge in [-0.25, -0.2) is 9.13 Å². The number of phosphoric ester groups is 2. The Labute approximate surface area is 626 Å². The van der Waals surface area contributed by atoms with E-state index < -0.39 is 97.5 Å². The molecule has 6 atom stereocenters. The van der Waals surface area contributed by atoms with Crippen LogP contribution in [0, 0.1) is 17.8 Å². The highest BCUT2D eigenvalue weighted by molar-refractivity contribution is 7.47. The molecule has 0 heterocycles. The summed E-state index contributed by atoms with van der Waals surface area (Å²) in [5.41, 5.74) is 0. The van der Waals surface area contributed by atoms with Crippen molar-refractivity contribution in [3.63, 3.8) is 0 Å². The Hall–Kier alpha value is -1.94. The van der Waals surface area contributed by atoms with Crippen LogP contribution in [-0.2, 0) is 65.4 Å². The molecular weight excluding hydrogens is 1330 g/mol.